The molecule has 0 saturated carbocycles. The Balaban J connectivity index is 2.88. The van der Waals surface area contributed by atoms with E-state index in [4.69, 9.17) is 4.74 Å². The summed E-state index contributed by atoms with van der Waals surface area (Å²) < 4.78 is 5.35. The van der Waals surface area contributed by atoms with Crippen LogP contribution in [0.15, 0.2) is 6.07 Å². The molecule has 1 aromatic carbocycles. The SMILES string of the molecule is CCC(O)C(O)CCc1c(C)cc(OC)c(C)c1C. The van der Waals surface area contributed by atoms with Gasteiger partial charge in [0.25, 0.3) is 0 Å². The van der Waals surface area contributed by atoms with Crippen LogP contribution < -0.4 is 4.74 Å². The molecule has 0 spiro atoms. The molecule has 2 unspecified atom stereocenters. The van der Waals surface area contributed by atoms with Crippen molar-refractivity contribution >= 4 is 0 Å². The molecule has 0 amide bonds. The molecule has 2 N–H and O–H groups in total. The van der Waals surface area contributed by atoms with E-state index in [0.717, 1.165) is 17.7 Å². The lowest BCUT2D eigenvalue weighted by Crippen LogP contribution is -2.25. The third-order valence-corrected chi connectivity index (χ3v) is 3.98. The highest BCUT2D eigenvalue weighted by molar-refractivity contribution is 5.48. The van der Waals surface area contributed by atoms with Gasteiger partial charge in [-0.1, -0.05) is 6.92 Å². The van der Waals surface area contributed by atoms with E-state index in [1.165, 1.54) is 16.7 Å². The predicted octanol–water partition coefficient (Wildman–Crippen LogP) is 2.68. The molecule has 0 aromatic heterocycles. The highest BCUT2D eigenvalue weighted by atomic mass is 16.5. The summed E-state index contributed by atoms with van der Waals surface area (Å²) >= 11 is 0. The summed E-state index contributed by atoms with van der Waals surface area (Å²) in [6.07, 6.45) is 0.676. The first-order chi connectivity index (χ1) is 8.92. The first kappa shape index (κ1) is 16.0. The zero-order chi connectivity index (χ0) is 14.6. The number of hydrogen-bond donors (Lipinski definition) is 2. The van der Waals surface area contributed by atoms with Crippen LogP contribution in [-0.4, -0.2) is 29.5 Å². The first-order valence-corrected chi connectivity index (χ1v) is 6.92. The molecule has 0 saturated heterocycles. The molecular formula is C16H26O3. The Kier molecular flexibility index (Phi) is 5.83. The molecule has 0 aliphatic heterocycles. The fourth-order valence-electron chi connectivity index (χ4n) is 2.45. The second kappa shape index (κ2) is 6.92. The maximum absolute atomic E-state index is 9.86. The van der Waals surface area contributed by atoms with Crippen LogP contribution >= 0.6 is 0 Å². The van der Waals surface area contributed by atoms with Crippen molar-refractivity contribution in [1.29, 1.82) is 0 Å². The van der Waals surface area contributed by atoms with Crippen LogP contribution in [0.2, 0.25) is 0 Å². The average molecular weight is 266 g/mol. The zero-order valence-electron chi connectivity index (χ0n) is 12.7. The molecular weight excluding hydrogens is 240 g/mol. The van der Waals surface area contributed by atoms with Crippen molar-refractivity contribution in [3.63, 3.8) is 0 Å². The maximum atomic E-state index is 9.86. The van der Waals surface area contributed by atoms with Gasteiger partial charge in [0.2, 0.25) is 0 Å². The van der Waals surface area contributed by atoms with Gasteiger partial charge in [0.05, 0.1) is 19.3 Å². The molecule has 3 heteroatoms. The van der Waals surface area contributed by atoms with Gasteiger partial charge in [-0.15, -0.1) is 0 Å². The molecule has 1 rings (SSSR count). The standard InChI is InChI=1S/C16H26O3/c1-6-14(17)15(18)8-7-13-10(2)9-16(19-5)12(4)11(13)3/h9,14-15,17-18H,6-8H2,1-5H3. The topological polar surface area (TPSA) is 49.7 Å². The highest BCUT2D eigenvalue weighted by Crippen LogP contribution is 2.28. The van der Waals surface area contributed by atoms with E-state index < -0.39 is 12.2 Å². The summed E-state index contributed by atoms with van der Waals surface area (Å²) in [4.78, 5) is 0. The lowest BCUT2D eigenvalue weighted by atomic mass is 9.92. The van der Waals surface area contributed by atoms with E-state index in [0.29, 0.717) is 12.8 Å². The fraction of sp³-hybridized carbons (Fsp3) is 0.625. The number of ether oxygens (including phenoxy) is 1. The lowest BCUT2D eigenvalue weighted by Gasteiger charge is -2.19. The molecule has 19 heavy (non-hydrogen) atoms. The number of benzene rings is 1. The van der Waals surface area contributed by atoms with Crippen molar-refractivity contribution < 1.29 is 14.9 Å². The smallest absolute Gasteiger partial charge is 0.122 e. The summed E-state index contributed by atoms with van der Waals surface area (Å²) in [5.41, 5.74) is 4.79. The van der Waals surface area contributed by atoms with Gasteiger partial charge in [-0.25, -0.2) is 0 Å². The fourth-order valence-corrected chi connectivity index (χ4v) is 2.45. The Morgan fingerprint density at radius 1 is 1.11 bits per heavy atom. The Morgan fingerprint density at radius 2 is 1.74 bits per heavy atom. The minimum Gasteiger partial charge on any atom is -0.496 e. The van der Waals surface area contributed by atoms with Gasteiger partial charge >= 0.3 is 0 Å². The van der Waals surface area contributed by atoms with Gasteiger partial charge in [-0.3, -0.25) is 0 Å². The Bertz CT molecular complexity index is 426. The number of aliphatic hydroxyl groups is 2. The van der Waals surface area contributed by atoms with Crippen molar-refractivity contribution in [1.82, 2.24) is 0 Å². The highest BCUT2D eigenvalue weighted by Gasteiger charge is 2.16. The number of aliphatic hydroxyl groups excluding tert-OH is 2. The normalized spacial score (nSPS) is 14.3. The number of hydrogen-bond acceptors (Lipinski definition) is 3. The monoisotopic (exact) mass is 266 g/mol. The Labute approximate surface area is 116 Å². The molecule has 3 nitrogen and oxygen atoms in total. The van der Waals surface area contributed by atoms with Crippen LogP contribution in [0.3, 0.4) is 0 Å². The van der Waals surface area contributed by atoms with Gasteiger partial charge < -0.3 is 14.9 Å². The van der Waals surface area contributed by atoms with Gasteiger partial charge in [-0.2, -0.15) is 0 Å². The van der Waals surface area contributed by atoms with Crippen molar-refractivity contribution in [2.24, 2.45) is 0 Å². The second-order valence-electron chi connectivity index (χ2n) is 5.21. The molecule has 0 aliphatic rings. The van der Waals surface area contributed by atoms with Crippen molar-refractivity contribution in [3.8, 4) is 5.75 Å². The summed E-state index contributed by atoms with van der Waals surface area (Å²) in [5, 5.41) is 19.5. The molecule has 1 aromatic rings. The Hall–Kier alpha value is -1.06. The maximum Gasteiger partial charge on any atom is 0.122 e. The van der Waals surface area contributed by atoms with Crippen LogP contribution in [0.4, 0.5) is 0 Å². The average Bonchev–Trinajstić information content (AvgIpc) is 2.41. The molecule has 108 valence electrons. The quantitative estimate of drug-likeness (QED) is 0.832. The molecule has 0 radical (unpaired) electrons. The van der Waals surface area contributed by atoms with E-state index in [1.807, 2.05) is 13.0 Å². The minimum atomic E-state index is -0.647. The van der Waals surface area contributed by atoms with E-state index in [-0.39, 0.29) is 0 Å². The largest absolute Gasteiger partial charge is 0.496 e. The van der Waals surface area contributed by atoms with E-state index in [1.54, 1.807) is 7.11 Å². The van der Waals surface area contributed by atoms with Gasteiger partial charge in [0.15, 0.2) is 0 Å². The van der Waals surface area contributed by atoms with E-state index in [2.05, 4.69) is 20.8 Å². The van der Waals surface area contributed by atoms with Gasteiger partial charge in [0.1, 0.15) is 5.75 Å². The summed E-state index contributed by atoms with van der Waals surface area (Å²) in [6.45, 7) is 8.08. The third-order valence-electron chi connectivity index (χ3n) is 3.98. The summed E-state index contributed by atoms with van der Waals surface area (Å²) in [5.74, 6) is 0.910. The van der Waals surface area contributed by atoms with Crippen LogP contribution in [0.5, 0.6) is 5.75 Å². The Morgan fingerprint density at radius 3 is 2.26 bits per heavy atom. The second-order valence-corrected chi connectivity index (χ2v) is 5.21. The van der Waals surface area contributed by atoms with Crippen LogP contribution in [0.1, 0.15) is 42.0 Å². The first-order valence-electron chi connectivity index (χ1n) is 6.92. The summed E-state index contributed by atoms with van der Waals surface area (Å²) in [6, 6.07) is 2.04. The van der Waals surface area contributed by atoms with Crippen LogP contribution in [0, 0.1) is 20.8 Å². The van der Waals surface area contributed by atoms with Gasteiger partial charge in [-0.05, 0) is 68.4 Å². The lowest BCUT2D eigenvalue weighted by molar-refractivity contribution is 0.0130. The molecule has 0 heterocycles. The minimum absolute atomic E-state index is 0.584. The van der Waals surface area contributed by atoms with Crippen molar-refractivity contribution in [2.45, 2.75) is 59.2 Å². The van der Waals surface area contributed by atoms with Crippen LogP contribution in [0.25, 0.3) is 0 Å². The van der Waals surface area contributed by atoms with Crippen LogP contribution in [-0.2, 0) is 6.42 Å². The predicted molar refractivity (Wildman–Crippen MR) is 77.8 cm³/mol. The molecule has 0 bridgehead atoms. The zero-order valence-corrected chi connectivity index (χ0v) is 12.7. The van der Waals surface area contributed by atoms with E-state index >= 15 is 0 Å². The van der Waals surface area contributed by atoms with Crippen molar-refractivity contribution in [2.75, 3.05) is 7.11 Å². The van der Waals surface area contributed by atoms with E-state index in [9.17, 15) is 10.2 Å². The third kappa shape index (κ3) is 3.71. The van der Waals surface area contributed by atoms with Crippen molar-refractivity contribution in [3.05, 3.63) is 28.3 Å². The molecule has 0 aliphatic carbocycles. The van der Waals surface area contributed by atoms with Gasteiger partial charge in [0, 0.05) is 0 Å². The molecule has 0 fully saturated rings. The number of rotatable bonds is 6. The number of methoxy groups -OCH3 is 1. The number of aryl methyl sites for hydroxylation is 1. The molecule has 2 atom stereocenters. The summed E-state index contributed by atoms with van der Waals surface area (Å²) in [7, 11) is 1.68.